The lowest BCUT2D eigenvalue weighted by Crippen LogP contribution is -2.35. The summed E-state index contributed by atoms with van der Waals surface area (Å²) in [5, 5.41) is 28.9. The number of carbonyl (C=O) groups is 1. The molecule has 1 saturated heterocycles. The summed E-state index contributed by atoms with van der Waals surface area (Å²) in [5.74, 6) is -0.364. The highest BCUT2D eigenvalue weighted by Crippen LogP contribution is 2.26. The molecule has 132 valence electrons. The van der Waals surface area contributed by atoms with Crippen LogP contribution in [0.5, 0.6) is 11.5 Å². The van der Waals surface area contributed by atoms with Crippen LogP contribution in [0.4, 0.5) is 0 Å². The summed E-state index contributed by atoms with van der Waals surface area (Å²) in [5.41, 5.74) is 0.633. The first-order valence-electron chi connectivity index (χ1n) is 7.22. The third kappa shape index (κ3) is 4.24. The molecule has 24 heavy (non-hydrogen) atoms. The number of hydrogen-bond donors (Lipinski definition) is 3. The largest absolute Gasteiger partial charge is 0.504 e. The van der Waals surface area contributed by atoms with Crippen molar-refractivity contribution < 1.29 is 39.1 Å². The first-order valence-corrected chi connectivity index (χ1v) is 7.22. The molecule has 1 aliphatic heterocycles. The molecule has 1 fully saturated rings. The number of phenols is 1. The van der Waals surface area contributed by atoms with Gasteiger partial charge in [0.15, 0.2) is 17.8 Å². The van der Waals surface area contributed by atoms with Gasteiger partial charge in [-0.3, -0.25) is 0 Å². The highest BCUT2D eigenvalue weighted by molar-refractivity contribution is 5.87. The molecule has 0 aromatic heterocycles. The van der Waals surface area contributed by atoms with E-state index in [1.807, 2.05) is 0 Å². The molecule has 1 aromatic carbocycles. The average molecular weight is 340 g/mol. The number of hydrogen-bond acceptors (Lipinski definition) is 8. The summed E-state index contributed by atoms with van der Waals surface area (Å²) in [6.07, 6.45) is -1.54. The monoisotopic (exact) mass is 340 g/mol. The number of aliphatic hydroxyl groups excluding tert-OH is 2. The fourth-order valence-corrected chi connectivity index (χ4v) is 2.22. The minimum atomic E-state index is -1.20. The molecule has 8 nitrogen and oxygen atoms in total. The maximum Gasteiger partial charge on any atom is 0.330 e. The van der Waals surface area contributed by atoms with Gasteiger partial charge < -0.3 is 34.3 Å². The van der Waals surface area contributed by atoms with Gasteiger partial charge in [0.1, 0.15) is 24.9 Å². The quantitative estimate of drug-likeness (QED) is 0.492. The molecule has 0 bridgehead atoms. The van der Waals surface area contributed by atoms with Gasteiger partial charge in [0.2, 0.25) is 0 Å². The van der Waals surface area contributed by atoms with Crippen LogP contribution in [-0.2, 0) is 19.0 Å². The summed E-state index contributed by atoms with van der Waals surface area (Å²) in [6, 6.07) is 4.60. The van der Waals surface area contributed by atoms with E-state index in [-0.39, 0.29) is 18.1 Å². The Balaban J connectivity index is 1.87. The Kier molecular flexibility index (Phi) is 6.16. The van der Waals surface area contributed by atoms with Crippen LogP contribution >= 0.6 is 0 Å². The maximum atomic E-state index is 11.7. The number of carbonyl (C=O) groups excluding carboxylic acids is 1. The van der Waals surface area contributed by atoms with Crippen molar-refractivity contribution in [3.63, 3.8) is 0 Å². The number of phenolic OH excluding ortho intramolecular Hbond substituents is 1. The Labute approximate surface area is 138 Å². The van der Waals surface area contributed by atoms with E-state index in [0.29, 0.717) is 5.56 Å². The van der Waals surface area contributed by atoms with Gasteiger partial charge in [0, 0.05) is 13.2 Å². The van der Waals surface area contributed by atoms with Crippen molar-refractivity contribution in [3.8, 4) is 11.5 Å². The van der Waals surface area contributed by atoms with Crippen molar-refractivity contribution >= 4 is 12.0 Å². The zero-order chi connectivity index (χ0) is 17.7. The van der Waals surface area contributed by atoms with Crippen molar-refractivity contribution in [2.75, 3.05) is 20.8 Å². The van der Waals surface area contributed by atoms with Gasteiger partial charge in [0.05, 0.1) is 7.11 Å². The summed E-state index contributed by atoms with van der Waals surface area (Å²) >= 11 is 0. The first-order chi connectivity index (χ1) is 11.5. The molecule has 8 heteroatoms. The van der Waals surface area contributed by atoms with E-state index in [1.165, 1.54) is 32.4 Å². The molecule has 1 aromatic rings. The van der Waals surface area contributed by atoms with Gasteiger partial charge in [-0.15, -0.1) is 0 Å². The average Bonchev–Trinajstić information content (AvgIpc) is 2.86. The number of methoxy groups -OCH3 is 2. The fraction of sp³-hybridized carbons (Fsp3) is 0.438. The van der Waals surface area contributed by atoms with Gasteiger partial charge in [0.25, 0.3) is 0 Å². The minimum Gasteiger partial charge on any atom is -0.504 e. The van der Waals surface area contributed by atoms with Crippen molar-refractivity contribution in [1.29, 1.82) is 0 Å². The third-order valence-electron chi connectivity index (χ3n) is 3.56. The Hall–Kier alpha value is -2.13. The fourth-order valence-electron chi connectivity index (χ4n) is 2.22. The molecule has 0 aliphatic carbocycles. The number of aromatic hydroxyl groups is 1. The molecule has 0 radical (unpaired) electrons. The number of aliphatic hydroxyl groups is 2. The van der Waals surface area contributed by atoms with E-state index < -0.39 is 30.6 Å². The zero-order valence-electron chi connectivity index (χ0n) is 13.3. The van der Waals surface area contributed by atoms with E-state index in [1.54, 1.807) is 12.1 Å². The molecule has 0 amide bonds. The van der Waals surface area contributed by atoms with Gasteiger partial charge in [-0.05, 0) is 23.8 Å². The molecule has 0 spiro atoms. The highest BCUT2D eigenvalue weighted by atomic mass is 16.7. The third-order valence-corrected chi connectivity index (χ3v) is 3.56. The zero-order valence-corrected chi connectivity index (χ0v) is 13.3. The van der Waals surface area contributed by atoms with E-state index in [0.717, 1.165) is 0 Å². The summed E-state index contributed by atoms with van der Waals surface area (Å²) in [6.45, 7) is -0.222. The van der Waals surface area contributed by atoms with Crippen molar-refractivity contribution in [2.24, 2.45) is 0 Å². The Morgan fingerprint density at radius 3 is 2.67 bits per heavy atom. The normalized spacial score (nSPS) is 26.7. The van der Waals surface area contributed by atoms with Gasteiger partial charge >= 0.3 is 5.97 Å². The summed E-state index contributed by atoms with van der Waals surface area (Å²) < 4.78 is 20.0. The van der Waals surface area contributed by atoms with Crippen LogP contribution in [0.2, 0.25) is 0 Å². The Morgan fingerprint density at radius 2 is 2.04 bits per heavy atom. The van der Waals surface area contributed by atoms with Crippen LogP contribution in [0.25, 0.3) is 6.08 Å². The van der Waals surface area contributed by atoms with Crippen molar-refractivity contribution in [2.45, 2.75) is 24.6 Å². The lowest BCUT2D eigenvalue weighted by atomic mass is 10.1. The van der Waals surface area contributed by atoms with Crippen molar-refractivity contribution in [1.82, 2.24) is 0 Å². The van der Waals surface area contributed by atoms with E-state index in [2.05, 4.69) is 0 Å². The van der Waals surface area contributed by atoms with Crippen molar-refractivity contribution in [3.05, 3.63) is 29.8 Å². The molecule has 0 saturated carbocycles. The molecular formula is C16H20O8. The van der Waals surface area contributed by atoms with Gasteiger partial charge in [-0.1, -0.05) is 6.07 Å². The molecule has 1 aliphatic rings. The molecule has 1 heterocycles. The Morgan fingerprint density at radius 1 is 1.29 bits per heavy atom. The minimum absolute atomic E-state index is 0.00384. The summed E-state index contributed by atoms with van der Waals surface area (Å²) in [7, 11) is 2.76. The highest BCUT2D eigenvalue weighted by Gasteiger charge is 2.43. The second-order valence-corrected chi connectivity index (χ2v) is 5.15. The second kappa shape index (κ2) is 8.11. The van der Waals surface area contributed by atoms with E-state index in [4.69, 9.17) is 18.9 Å². The van der Waals surface area contributed by atoms with Gasteiger partial charge in [-0.2, -0.15) is 0 Å². The van der Waals surface area contributed by atoms with E-state index in [9.17, 15) is 20.1 Å². The predicted molar refractivity (Wildman–Crippen MR) is 82.3 cm³/mol. The Bertz CT molecular complexity index is 600. The lowest BCUT2D eigenvalue weighted by molar-refractivity contribution is -0.162. The van der Waals surface area contributed by atoms with E-state index >= 15 is 0 Å². The number of rotatable bonds is 6. The SMILES string of the molecule is COc1cc(/C=C/C(=O)OC[C@H]2OC(OC)[C@@H](O)[C@@H]2O)ccc1O. The van der Waals surface area contributed by atoms with Crippen LogP contribution in [-0.4, -0.2) is 66.7 Å². The van der Waals surface area contributed by atoms with Crippen LogP contribution in [0, 0.1) is 0 Å². The molecule has 2 rings (SSSR count). The molecule has 1 unspecified atom stereocenters. The van der Waals surface area contributed by atoms with Crippen LogP contribution < -0.4 is 4.74 Å². The van der Waals surface area contributed by atoms with Crippen LogP contribution in [0.3, 0.4) is 0 Å². The standard InChI is InChI=1S/C16H20O8/c1-21-11-7-9(3-5-10(11)17)4-6-13(18)23-8-12-14(19)15(20)16(22-2)24-12/h3-7,12,14-17,19-20H,8H2,1-2H3/b6-4+/t12-,14-,15+,16?/m1/s1. The maximum absolute atomic E-state index is 11.7. The molecule has 3 N–H and O–H groups in total. The van der Waals surface area contributed by atoms with Crippen LogP contribution in [0.1, 0.15) is 5.56 Å². The second-order valence-electron chi connectivity index (χ2n) is 5.15. The lowest BCUT2D eigenvalue weighted by Gasteiger charge is -2.13. The first kappa shape index (κ1) is 18.2. The summed E-state index contributed by atoms with van der Waals surface area (Å²) in [4.78, 5) is 11.7. The molecular weight excluding hydrogens is 320 g/mol. The molecule has 4 atom stereocenters. The number of ether oxygens (including phenoxy) is 4. The number of benzene rings is 1. The predicted octanol–water partition coefficient (Wildman–Crippen LogP) is 0.0503. The van der Waals surface area contributed by atoms with Crippen LogP contribution in [0.15, 0.2) is 24.3 Å². The van der Waals surface area contributed by atoms with Gasteiger partial charge in [-0.25, -0.2) is 4.79 Å². The topological polar surface area (TPSA) is 115 Å². The smallest absolute Gasteiger partial charge is 0.330 e. The number of esters is 1.